The number of nitrogens with zero attached hydrogens (tertiary/aromatic N) is 1. The van der Waals surface area contributed by atoms with Crippen molar-refractivity contribution in [1.82, 2.24) is 15.6 Å². The van der Waals surface area contributed by atoms with E-state index in [1.165, 1.54) is 17.8 Å². The van der Waals surface area contributed by atoms with Gasteiger partial charge in [-0.3, -0.25) is 4.79 Å². The van der Waals surface area contributed by atoms with Gasteiger partial charge in [0.15, 0.2) is 0 Å². The molecule has 25 heavy (non-hydrogen) atoms. The number of halogens is 4. The highest BCUT2D eigenvalue weighted by Crippen LogP contribution is 2.32. The van der Waals surface area contributed by atoms with Crippen LogP contribution in [0.4, 0.5) is 0 Å². The maximum atomic E-state index is 12.0. The molecule has 0 bridgehead atoms. The number of nitrogens with one attached hydrogen (secondary N) is 2. The molecule has 4 nitrogen and oxygen atoms in total. The molecule has 0 radical (unpaired) electrons. The van der Waals surface area contributed by atoms with Gasteiger partial charge in [-0.2, -0.15) is 0 Å². The second kappa shape index (κ2) is 10.6. The number of carbonyl (C=O) groups is 1. The minimum Gasteiger partial charge on any atom is -0.354 e. The van der Waals surface area contributed by atoms with Gasteiger partial charge in [0.1, 0.15) is 5.01 Å². The Morgan fingerprint density at radius 1 is 1.36 bits per heavy atom. The molecule has 1 atom stereocenters. The topological polar surface area (TPSA) is 54.0 Å². The molecule has 9 heteroatoms. The zero-order chi connectivity index (χ0) is 16.2. The number of amides is 1. The van der Waals surface area contributed by atoms with Crippen molar-refractivity contribution in [2.24, 2.45) is 0 Å². The van der Waals surface area contributed by atoms with Gasteiger partial charge in [0.2, 0.25) is 5.91 Å². The van der Waals surface area contributed by atoms with E-state index in [0.717, 1.165) is 29.2 Å². The van der Waals surface area contributed by atoms with E-state index in [1.807, 2.05) is 11.4 Å². The predicted octanol–water partition coefficient (Wildman–Crippen LogP) is 4.37. The third-order valence-electron chi connectivity index (χ3n) is 3.76. The number of hydrogen-bond acceptors (Lipinski definition) is 4. The fourth-order valence-corrected chi connectivity index (χ4v) is 3.98. The van der Waals surface area contributed by atoms with E-state index in [-0.39, 0.29) is 37.1 Å². The summed E-state index contributed by atoms with van der Waals surface area (Å²) in [6.45, 7) is 1.72. The molecule has 0 aliphatic carbocycles. The SMILES string of the molecule is Cl.Cl.O=C(Cc1csc(-c2ccc(Cl)cc2Cl)n1)NCC1CCCN1. The van der Waals surface area contributed by atoms with Crippen molar-refractivity contribution < 1.29 is 4.79 Å². The lowest BCUT2D eigenvalue weighted by atomic mass is 10.2. The first-order valence-corrected chi connectivity index (χ1v) is 9.15. The number of benzene rings is 1. The number of carbonyl (C=O) groups excluding carboxylic acids is 1. The maximum Gasteiger partial charge on any atom is 0.226 e. The lowest BCUT2D eigenvalue weighted by Gasteiger charge is -2.10. The average molecular weight is 443 g/mol. The van der Waals surface area contributed by atoms with Crippen molar-refractivity contribution in [2.75, 3.05) is 13.1 Å². The molecule has 2 N–H and O–H groups in total. The van der Waals surface area contributed by atoms with E-state index < -0.39 is 0 Å². The van der Waals surface area contributed by atoms with Crippen LogP contribution >= 0.6 is 59.4 Å². The zero-order valence-corrected chi connectivity index (χ0v) is 17.2. The van der Waals surface area contributed by atoms with Crippen LogP contribution in [0.3, 0.4) is 0 Å². The summed E-state index contributed by atoms with van der Waals surface area (Å²) in [4.78, 5) is 16.5. The van der Waals surface area contributed by atoms with Gasteiger partial charge < -0.3 is 10.6 Å². The predicted molar refractivity (Wildman–Crippen MR) is 110 cm³/mol. The molecule has 0 saturated carbocycles. The Morgan fingerprint density at radius 3 is 2.84 bits per heavy atom. The summed E-state index contributed by atoms with van der Waals surface area (Å²) in [6, 6.07) is 5.73. The smallest absolute Gasteiger partial charge is 0.226 e. The minimum atomic E-state index is -0.00208. The molecular formula is C16H19Cl4N3OS. The highest BCUT2D eigenvalue weighted by atomic mass is 35.5. The van der Waals surface area contributed by atoms with Crippen LogP contribution < -0.4 is 10.6 Å². The van der Waals surface area contributed by atoms with Crippen molar-refractivity contribution >= 4 is 65.3 Å². The van der Waals surface area contributed by atoms with Crippen LogP contribution in [0.5, 0.6) is 0 Å². The molecular weight excluding hydrogens is 424 g/mol. The van der Waals surface area contributed by atoms with Crippen LogP contribution in [-0.4, -0.2) is 30.0 Å². The second-order valence-corrected chi connectivity index (χ2v) is 7.24. The largest absolute Gasteiger partial charge is 0.354 e. The number of hydrogen-bond donors (Lipinski definition) is 2. The third kappa shape index (κ3) is 6.27. The molecule has 1 amide bonds. The van der Waals surface area contributed by atoms with Gasteiger partial charge in [0.25, 0.3) is 0 Å². The molecule has 1 saturated heterocycles. The van der Waals surface area contributed by atoms with Gasteiger partial charge in [-0.05, 0) is 37.6 Å². The highest BCUT2D eigenvalue weighted by molar-refractivity contribution is 7.13. The molecule has 1 aliphatic rings. The van der Waals surface area contributed by atoms with Gasteiger partial charge in [-0.15, -0.1) is 36.2 Å². The van der Waals surface area contributed by atoms with E-state index in [2.05, 4.69) is 15.6 Å². The van der Waals surface area contributed by atoms with Crippen molar-refractivity contribution in [2.45, 2.75) is 25.3 Å². The quantitative estimate of drug-likeness (QED) is 0.722. The standard InChI is InChI=1S/C16H17Cl2N3OS.2ClH/c17-10-3-4-13(14(18)6-10)16-21-12(9-23-16)7-15(22)20-8-11-2-1-5-19-11;;/h3-4,6,9,11,19H,1-2,5,7-8H2,(H,20,22);2*1H. The molecule has 138 valence electrons. The number of rotatable bonds is 5. The Bertz CT molecular complexity index is 704. The summed E-state index contributed by atoms with van der Waals surface area (Å²) in [5.74, 6) is -0.00208. The van der Waals surface area contributed by atoms with Crippen LogP contribution in [0, 0.1) is 0 Å². The molecule has 1 fully saturated rings. The first-order chi connectivity index (χ1) is 11.1. The van der Waals surface area contributed by atoms with E-state index in [1.54, 1.807) is 12.1 Å². The third-order valence-corrected chi connectivity index (χ3v) is 5.24. The van der Waals surface area contributed by atoms with Gasteiger partial charge >= 0.3 is 0 Å². The van der Waals surface area contributed by atoms with Crippen molar-refractivity contribution in [3.8, 4) is 10.6 Å². The molecule has 0 spiro atoms. The Kier molecular flexibility index (Phi) is 9.49. The van der Waals surface area contributed by atoms with Gasteiger partial charge in [-0.1, -0.05) is 23.2 Å². The summed E-state index contributed by atoms with van der Waals surface area (Å²) in [5, 5.41) is 10.2. The summed E-state index contributed by atoms with van der Waals surface area (Å²) in [6.07, 6.45) is 2.59. The normalized spacial score (nSPS) is 16.0. The first-order valence-electron chi connectivity index (χ1n) is 7.52. The fraction of sp³-hybridized carbons (Fsp3) is 0.375. The molecule has 1 unspecified atom stereocenters. The summed E-state index contributed by atoms with van der Waals surface area (Å²) >= 11 is 13.6. The van der Waals surface area contributed by atoms with Crippen LogP contribution in [0.2, 0.25) is 10.0 Å². The Hall–Kier alpha value is -0.560. The van der Waals surface area contributed by atoms with E-state index >= 15 is 0 Å². The Morgan fingerprint density at radius 2 is 2.16 bits per heavy atom. The second-order valence-electron chi connectivity index (χ2n) is 5.54. The van der Waals surface area contributed by atoms with E-state index in [9.17, 15) is 4.79 Å². The lowest BCUT2D eigenvalue weighted by Crippen LogP contribution is -2.37. The molecule has 1 aromatic heterocycles. The van der Waals surface area contributed by atoms with Crippen molar-refractivity contribution in [3.63, 3.8) is 0 Å². The molecule has 1 aliphatic heterocycles. The van der Waals surface area contributed by atoms with Crippen molar-refractivity contribution in [3.05, 3.63) is 39.3 Å². The number of thiazole rings is 1. The number of aromatic nitrogens is 1. The molecule has 2 heterocycles. The zero-order valence-electron chi connectivity index (χ0n) is 13.3. The van der Waals surface area contributed by atoms with Gasteiger partial charge in [-0.25, -0.2) is 4.98 Å². The van der Waals surface area contributed by atoms with Crippen LogP contribution in [0.25, 0.3) is 10.6 Å². The van der Waals surface area contributed by atoms with Crippen LogP contribution in [0.15, 0.2) is 23.6 Å². The fourth-order valence-electron chi connectivity index (χ4n) is 2.57. The highest BCUT2D eigenvalue weighted by Gasteiger charge is 2.16. The summed E-state index contributed by atoms with van der Waals surface area (Å²) < 4.78 is 0. The van der Waals surface area contributed by atoms with E-state index in [0.29, 0.717) is 22.6 Å². The average Bonchev–Trinajstić information content (AvgIpc) is 3.17. The maximum absolute atomic E-state index is 12.0. The van der Waals surface area contributed by atoms with Crippen molar-refractivity contribution in [1.29, 1.82) is 0 Å². The van der Waals surface area contributed by atoms with Crippen LogP contribution in [0.1, 0.15) is 18.5 Å². The molecule has 1 aromatic carbocycles. The van der Waals surface area contributed by atoms with Gasteiger partial charge in [0, 0.05) is 28.6 Å². The Labute approximate surface area is 173 Å². The summed E-state index contributed by atoms with van der Waals surface area (Å²) in [5.41, 5.74) is 1.59. The van der Waals surface area contributed by atoms with E-state index in [4.69, 9.17) is 23.2 Å². The molecule has 3 rings (SSSR count). The van der Waals surface area contributed by atoms with Crippen LogP contribution in [-0.2, 0) is 11.2 Å². The first kappa shape index (κ1) is 22.5. The lowest BCUT2D eigenvalue weighted by molar-refractivity contribution is -0.120. The minimum absolute atomic E-state index is 0. The monoisotopic (exact) mass is 441 g/mol. The van der Waals surface area contributed by atoms with Gasteiger partial charge in [0.05, 0.1) is 17.1 Å². The summed E-state index contributed by atoms with van der Waals surface area (Å²) in [7, 11) is 0. The Balaban J connectivity index is 0.00000156. The molecule has 2 aromatic rings.